The van der Waals surface area contributed by atoms with Crippen molar-refractivity contribution in [2.45, 2.75) is 19.9 Å². The van der Waals surface area contributed by atoms with Crippen LogP contribution in [0, 0.1) is 0 Å². The second-order valence-electron chi connectivity index (χ2n) is 6.84. The van der Waals surface area contributed by atoms with Crippen LogP contribution >= 0.6 is 22.9 Å². The van der Waals surface area contributed by atoms with Gasteiger partial charge in [-0.2, -0.15) is 4.98 Å². The standard InChI is InChI=1S/C23H21ClN4O2S/c1-2-30-22(29)18-15-31-21-19(18)20(26-23(24)27-21)28(14-16-8-4-3-5-9-16)13-11-17-10-6-7-12-25-17/h3-10,12,15H,2,11,13-14H2,1H3. The Morgan fingerprint density at radius 2 is 1.94 bits per heavy atom. The molecule has 3 heterocycles. The molecule has 0 saturated carbocycles. The summed E-state index contributed by atoms with van der Waals surface area (Å²) in [6.07, 6.45) is 2.50. The van der Waals surface area contributed by atoms with Crippen molar-refractivity contribution in [2.75, 3.05) is 18.1 Å². The fraction of sp³-hybridized carbons (Fsp3) is 0.217. The molecule has 1 aromatic carbocycles. The maximum atomic E-state index is 12.6. The van der Waals surface area contributed by atoms with Crippen LogP contribution < -0.4 is 4.90 Å². The highest BCUT2D eigenvalue weighted by molar-refractivity contribution is 7.17. The first-order valence-corrected chi connectivity index (χ1v) is 11.2. The third-order valence-electron chi connectivity index (χ3n) is 4.76. The third kappa shape index (κ3) is 5.00. The van der Waals surface area contributed by atoms with Crippen LogP contribution in [0.1, 0.15) is 28.5 Å². The van der Waals surface area contributed by atoms with E-state index in [-0.39, 0.29) is 11.3 Å². The van der Waals surface area contributed by atoms with Gasteiger partial charge in [-0.15, -0.1) is 11.3 Å². The molecule has 6 nitrogen and oxygen atoms in total. The highest BCUT2D eigenvalue weighted by atomic mass is 35.5. The van der Waals surface area contributed by atoms with Crippen molar-refractivity contribution in [3.63, 3.8) is 0 Å². The number of carbonyl (C=O) groups excluding carboxylic acids is 1. The molecule has 0 aliphatic rings. The predicted octanol–water partition coefficient (Wildman–Crippen LogP) is 5.17. The molecule has 0 atom stereocenters. The largest absolute Gasteiger partial charge is 0.462 e. The van der Waals surface area contributed by atoms with E-state index in [0.717, 1.165) is 17.7 Å². The fourth-order valence-corrected chi connectivity index (χ4v) is 4.46. The number of esters is 1. The van der Waals surface area contributed by atoms with Crippen LogP contribution in [-0.4, -0.2) is 34.1 Å². The summed E-state index contributed by atoms with van der Waals surface area (Å²) in [4.78, 5) is 28.7. The minimum atomic E-state index is -0.384. The Morgan fingerprint density at radius 1 is 1.13 bits per heavy atom. The highest BCUT2D eigenvalue weighted by Crippen LogP contribution is 2.34. The first-order chi connectivity index (χ1) is 15.2. The Kier molecular flexibility index (Phi) is 6.74. The first-order valence-electron chi connectivity index (χ1n) is 9.96. The van der Waals surface area contributed by atoms with Crippen LogP contribution in [0.15, 0.2) is 60.1 Å². The van der Waals surface area contributed by atoms with Crippen molar-refractivity contribution in [1.29, 1.82) is 0 Å². The van der Waals surface area contributed by atoms with E-state index in [4.69, 9.17) is 16.3 Å². The lowest BCUT2D eigenvalue weighted by Gasteiger charge is -2.25. The van der Waals surface area contributed by atoms with Gasteiger partial charge in [-0.1, -0.05) is 36.4 Å². The number of fused-ring (bicyclic) bond motifs is 1. The van der Waals surface area contributed by atoms with Crippen LogP contribution in [0.2, 0.25) is 5.28 Å². The molecule has 0 unspecified atom stereocenters. The zero-order valence-corrected chi connectivity index (χ0v) is 18.6. The lowest BCUT2D eigenvalue weighted by atomic mass is 10.1. The van der Waals surface area contributed by atoms with Gasteiger partial charge in [0.2, 0.25) is 5.28 Å². The smallest absolute Gasteiger partial charge is 0.339 e. The van der Waals surface area contributed by atoms with Crippen molar-refractivity contribution in [3.8, 4) is 0 Å². The van der Waals surface area contributed by atoms with Crippen molar-refractivity contribution in [2.24, 2.45) is 0 Å². The van der Waals surface area contributed by atoms with Crippen LogP contribution in [-0.2, 0) is 17.7 Å². The van der Waals surface area contributed by atoms with Crippen molar-refractivity contribution in [3.05, 3.63) is 82.2 Å². The molecule has 0 fully saturated rings. The quantitative estimate of drug-likeness (QED) is 0.271. The van der Waals surface area contributed by atoms with Gasteiger partial charge < -0.3 is 9.64 Å². The van der Waals surface area contributed by atoms with Crippen LogP contribution in [0.25, 0.3) is 10.2 Å². The van der Waals surface area contributed by atoms with Gasteiger partial charge in [-0.25, -0.2) is 9.78 Å². The lowest BCUT2D eigenvalue weighted by Crippen LogP contribution is -2.27. The van der Waals surface area contributed by atoms with Crippen molar-refractivity contribution < 1.29 is 9.53 Å². The summed E-state index contributed by atoms with van der Waals surface area (Å²) in [5.41, 5.74) is 2.57. The Labute approximate surface area is 189 Å². The summed E-state index contributed by atoms with van der Waals surface area (Å²) in [6, 6.07) is 16.0. The molecule has 0 spiro atoms. The number of thiophene rings is 1. The molecule has 0 N–H and O–H groups in total. The second kappa shape index (κ2) is 9.85. The summed E-state index contributed by atoms with van der Waals surface area (Å²) in [5.74, 6) is 0.240. The topological polar surface area (TPSA) is 68.2 Å². The van der Waals surface area contributed by atoms with Crippen molar-refractivity contribution >= 4 is 44.9 Å². The van der Waals surface area contributed by atoms with Gasteiger partial charge in [0.25, 0.3) is 0 Å². The molecule has 0 aliphatic carbocycles. The molecular formula is C23H21ClN4O2S. The number of aromatic nitrogens is 3. The van der Waals surface area contributed by atoms with Gasteiger partial charge in [0.15, 0.2) is 0 Å². The number of carbonyl (C=O) groups is 1. The molecule has 4 aromatic rings. The monoisotopic (exact) mass is 452 g/mol. The van der Waals surface area contributed by atoms with Gasteiger partial charge in [-0.05, 0) is 36.2 Å². The van der Waals surface area contributed by atoms with E-state index >= 15 is 0 Å². The van der Waals surface area contributed by atoms with Crippen LogP contribution in [0.4, 0.5) is 5.82 Å². The average molecular weight is 453 g/mol. The van der Waals surface area contributed by atoms with Gasteiger partial charge in [-0.3, -0.25) is 4.98 Å². The molecule has 4 rings (SSSR count). The zero-order valence-electron chi connectivity index (χ0n) is 17.0. The molecule has 0 aliphatic heterocycles. The van der Waals surface area contributed by atoms with Crippen LogP contribution in [0.3, 0.4) is 0 Å². The Bertz CT molecular complexity index is 1170. The van der Waals surface area contributed by atoms with E-state index < -0.39 is 0 Å². The van der Waals surface area contributed by atoms with E-state index in [0.29, 0.717) is 41.3 Å². The maximum absolute atomic E-state index is 12.6. The number of hydrogen-bond donors (Lipinski definition) is 0. The number of pyridine rings is 1. The molecule has 0 amide bonds. The summed E-state index contributed by atoms with van der Waals surface area (Å²) in [5, 5.41) is 2.58. The minimum Gasteiger partial charge on any atom is -0.462 e. The van der Waals surface area contributed by atoms with Crippen molar-refractivity contribution in [1.82, 2.24) is 15.0 Å². The molecule has 158 valence electrons. The van der Waals surface area contributed by atoms with Gasteiger partial charge >= 0.3 is 5.97 Å². The highest BCUT2D eigenvalue weighted by Gasteiger charge is 2.23. The number of nitrogens with zero attached hydrogens (tertiary/aromatic N) is 4. The maximum Gasteiger partial charge on any atom is 0.339 e. The van der Waals surface area contributed by atoms with E-state index in [9.17, 15) is 4.79 Å². The molecule has 3 aromatic heterocycles. The molecular weight excluding hydrogens is 432 g/mol. The average Bonchev–Trinajstić information content (AvgIpc) is 3.21. The minimum absolute atomic E-state index is 0.149. The molecule has 0 bridgehead atoms. The zero-order chi connectivity index (χ0) is 21.6. The number of anilines is 1. The number of benzene rings is 1. The lowest BCUT2D eigenvalue weighted by molar-refractivity contribution is 0.0529. The molecule has 0 saturated heterocycles. The first kappa shape index (κ1) is 21.2. The van der Waals surface area contributed by atoms with Crippen LogP contribution in [0.5, 0.6) is 0 Å². The number of halogens is 1. The Morgan fingerprint density at radius 3 is 2.68 bits per heavy atom. The van der Waals surface area contributed by atoms with E-state index in [2.05, 4.69) is 32.0 Å². The fourth-order valence-electron chi connectivity index (χ4n) is 3.35. The van der Waals surface area contributed by atoms with Gasteiger partial charge in [0.1, 0.15) is 10.6 Å². The second-order valence-corrected chi connectivity index (χ2v) is 8.04. The summed E-state index contributed by atoms with van der Waals surface area (Å²) >= 11 is 7.63. The molecule has 0 radical (unpaired) electrons. The Balaban J connectivity index is 1.77. The molecule has 8 heteroatoms. The summed E-state index contributed by atoms with van der Waals surface area (Å²) in [7, 11) is 0. The number of ether oxygens (including phenoxy) is 1. The number of hydrogen-bond acceptors (Lipinski definition) is 7. The predicted molar refractivity (Wildman–Crippen MR) is 124 cm³/mol. The van der Waals surface area contributed by atoms with E-state index in [1.807, 2.05) is 36.4 Å². The third-order valence-corrected chi connectivity index (χ3v) is 5.80. The van der Waals surface area contributed by atoms with Gasteiger partial charge in [0, 0.05) is 36.8 Å². The summed E-state index contributed by atoms with van der Waals surface area (Å²) in [6.45, 7) is 3.34. The van der Waals surface area contributed by atoms with E-state index in [1.165, 1.54) is 11.3 Å². The summed E-state index contributed by atoms with van der Waals surface area (Å²) < 4.78 is 5.26. The van der Waals surface area contributed by atoms with Gasteiger partial charge in [0.05, 0.1) is 17.6 Å². The SMILES string of the molecule is CCOC(=O)c1csc2nc(Cl)nc(N(CCc3ccccn3)Cc3ccccc3)c12. The normalized spacial score (nSPS) is 10.9. The number of rotatable bonds is 8. The Hall–Kier alpha value is -3.03. The molecule has 31 heavy (non-hydrogen) atoms. The van der Waals surface area contributed by atoms with E-state index in [1.54, 1.807) is 18.5 Å².